The molecular formula is C40H66N2O10. The number of piperazine rings is 1. The summed E-state index contributed by atoms with van der Waals surface area (Å²) in [5, 5.41) is 32.2. The fourth-order valence-electron chi connectivity index (χ4n) is 7.04. The molecule has 0 saturated carbocycles. The molecule has 12 heteroatoms. The third-order valence-electron chi connectivity index (χ3n) is 10.4. The van der Waals surface area contributed by atoms with Crippen LogP contribution in [0.1, 0.15) is 87.5 Å². The van der Waals surface area contributed by atoms with E-state index in [2.05, 4.69) is 11.5 Å². The number of epoxide rings is 1. The Morgan fingerprint density at radius 2 is 1.90 bits per heavy atom. The van der Waals surface area contributed by atoms with Gasteiger partial charge in [-0.25, -0.2) is 4.79 Å². The molecular weight excluding hydrogens is 668 g/mol. The average molecular weight is 735 g/mol. The summed E-state index contributed by atoms with van der Waals surface area (Å²) >= 11 is 0. The summed E-state index contributed by atoms with van der Waals surface area (Å²) in [5.74, 6) is -0.916. The number of cyclic esters (lactones) is 1. The molecule has 0 aromatic heterocycles. The van der Waals surface area contributed by atoms with Gasteiger partial charge in [0.05, 0.1) is 36.4 Å². The van der Waals surface area contributed by atoms with Crippen LogP contribution >= 0.6 is 0 Å². The lowest BCUT2D eigenvalue weighted by molar-refractivity contribution is -0.222. The lowest BCUT2D eigenvalue weighted by Gasteiger charge is -2.40. The second-order valence-electron chi connectivity index (χ2n) is 15.2. The van der Waals surface area contributed by atoms with Crippen LogP contribution < -0.4 is 0 Å². The quantitative estimate of drug-likeness (QED) is 0.0692. The molecule has 3 aliphatic heterocycles. The van der Waals surface area contributed by atoms with Gasteiger partial charge in [0, 0.05) is 57.6 Å². The molecule has 1 amide bonds. The van der Waals surface area contributed by atoms with Crippen molar-refractivity contribution in [2.24, 2.45) is 11.8 Å². The number of hydrogen-bond donors (Lipinski definition) is 3. The van der Waals surface area contributed by atoms with Crippen molar-refractivity contribution >= 4 is 12.1 Å². The highest BCUT2D eigenvalue weighted by molar-refractivity contribution is 5.70. The number of esters is 1. The van der Waals surface area contributed by atoms with E-state index in [1.54, 1.807) is 43.1 Å². The van der Waals surface area contributed by atoms with Crippen molar-refractivity contribution in [3.63, 3.8) is 0 Å². The predicted octanol–water partition coefficient (Wildman–Crippen LogP) is 4.92. The molecule has 11 atom stereocenters. The average Bonchev–Trinajstić information content (AvgIpc) is 3.85. The third kappa shape index (κ3) is 13.4. The van der Waals surface area contributed by atoms with Crippen molar-refractivity contribution in [3.05, 3.63) is 48.6 Å². The molecule has 296 valence electrons. The summed E-state index contributed by atoms with van der Waals surface area (Å²) in [4.78, 5) is 30.6. The van der Waals surface area contributed by atoms with Gasteiger partial charge in [-0.05, 0) is 65.5 Å². The van der Waals surface area contributed by atoms with E-state index in [-0.39, 0.29) is 43.3 Å². The van der Waals surface area contributed by atoms with E-state index in [4.69, 9.17) is 23.7 Å². The van der Waals surface area contributed by atoms with Crippen LogP contribution in [0.15, 0.2) is 48.6 Å². The Balaban J connectivity index is 1.84. The second-order valence-corrected chi connectivity index (χ2v) is 15.2. The van der Waals surface area contributed by atoms with Crippen LogP contribution in [0.2, 0.25) is 0 Å². The minimum absolute atomic E-state index is 0.0143. The first kappa shape index (κ1) is 43.8. The maximum atomic E-state index is 13.6. The van der Waals surface area contributed by atoms with Gasteiger partial charge >= 0.3 is 12.1 Å². The molecule has 2 saturated heterocycles. The van der Waals surface area contributed by atoms with Gasteiger partial charge in [0.1, 0.15) is 11.7 Å². The Hall–Kier alpha value is -2.58. The van der Waals surface area contributed by atoms with Crippen molar-refractivity contribution < 1.29 is 48.6 Å². The van der Waals surface area contributed by atoms with Crippen molar-refractivity contribution in [2.75, 3.05) is 39.3 Å². The van der Waals surface area contributed by atoms with E-state index in [9.17, 15) is 24.9 Å². The zero-order valence-electron chi connectivity index (χ0n) is 32.7. The van der Waals surface area contributed by atoms with E-state index in [0.717, 1.165) is 12.1 Å². The molecule has 0 aromatic rings. The molecule has 52 heavy (non-hydrogen) atoms. The van der Waals surface area contributed by atoms with Gasteiger partial charge in [-0.1, -0.05) is 51.2 Å². The van der Waals surface area contributed by atoms with Crippen LogP contribution in [0.5, 0.6) is 0 Å². The van der Waals surface area contributed by atoms with Gasteiger partial charge in [-0.15, -0.1) is 6.58 Å². The summed E-state index contributed by atoms with van der Waals surface area (Å²) in [6.07, 6.45) is 7.71. The number of allylic oxidation sites excluding steroid dienone is 2. The smallest absolute Gasteiger partial charge is 0.410 e. The van der Waals surface area contributed by atoms with Crippen LogP contribution in [0.4, 0.5) is 4.79 Å². The first-order valence-corrected chi connectivity index (χ1v) is 19.1. The molecule has 0 aliphatic carbocycles. The maximum Gasteiger partial charge on any atom is 0.410 e. The van der Waals surface area contributed by atoms with E-state index in [1.807, 2.05) is 53.7 Å². The van der Waals surface area contributed by atoms with E-state index >= 15 is 0 Å². The predicted molar refractivity (Wildman–Crippen MR) is 199 cm³/mol. The van der Waals surface area contributed by atoms with Crippen molar-refractivity contribution in [1.82, 2.24) is 9.80 Å². The van der Waals surface area contributed by atoms with Crippen molar-refractivity contribution in [1.29, 1.82) is 0 Å². The molecule has 0 aromatic carbocycles. The summed E-state index contributed by atoms with van der Waals surface area (Å²) in [6.45, 7) is 22.3. The Bertz CT molecular complexity index is 1240. The zero-order chi connectivity index (χ0) is 38.6. The summed E-state index contributed by atoms with van der Waals surface area (Å²) in [7, 11) is 0. The number of nitrogens with zero attached hydrogens (tertiary/aromatic N) is 2. The van der Waals surface area contributed by atoms with Crippen LogP contribution in [-0.2, 0) is 28.5 Å². The summed E-state index contributed by atoms with van der Waals surface area (Å²) in [5.41, 5.74) is -1.54. The lowest BCUT2D eigenvalue weighted by atomic mass is 9.88. The largest absolute Gasteiger partial charge is 0.457 e. The van der Waals surface area contributed by atoms with Crippen molar-refractivity contribution in [2.45, 2.75) is 142 Å². The monoisotopic (exact) mass is 734 g/mol. The van der Waals surface area contributed by atoms with Crippen LogP contribution in [-0.4, -0.2) is 131 Å². The number of amides is 1. The number of rotatable bonds is 15. The highest BCUT2D eigenvalue weighted by Gasteiger charge is 2.47. The summed E-state index contributed by atoms with van der Waals surface area (Å²) < 4.78 is 30.1. The molecule has 11 unspecified atom stereocenters. The SMILES string of the molecule is C=CCN1CCN(C(=O)OC2C=CC(C)C(C(C)=CC=CC(C)(O)CC3OC3C(C)C(O)CC)OC(=O)CC(O)CCC2(C)OC(C)OCC)CC1. The Kier molecular flexibility index (Phi) is 17.0. The Morgan fingerprint density at radius 3 is 2.54 bits per heavy atom. The summed E-state index contributed by atoms with van der Waals surface area (Å²) in [6, 6.07) is 0. The lowest BCUT2D eigenvalue weighted by Crippen LogP contribution is -2.52. The fourth-order valence-corrected chi connectivity index (χ4v) is 7.04. The highest BCUT2D eigenvalue weighted by atomic mass is 16.7. The normalized spacial score (nSPS) is 32.6. The molecule has 2 fully saturated rings. The van der Waals surface area contributed by atoms with E-state index < -0.39 is 54.0 Å². The van der Waals surface area contributed by atoms with Crippen LogP contribution in [0, 0.1) is 11.8 Å². The third-order valence-corrected chi connectivity index (χ3v) is 10.4. The zero-order valence-corrected chi connectivity index (χ0v) is 32.7. The molecule has 3 aliphatic rings. The van der Waals surface area contributed by atoms with E-state index in [0.29, 0.717) is 45.6 Å². The number of hydrogen-bond acceptors (Lipinski definition) is 11. The first-order valence-electron chi connectivity index (χ1n) is 19.1. The Labute approximate surface area is 311 Å². The maximum absolute atomic E-state index is 13.6. The van der Waals surface area contributed by atoms with Crippen LogP contribution in [0.3, 0.4) is 0 Å². The topological polar surface area (TPSA) is 151 Å². The van der Waals surface area contributed by atoms with Crippen molar-refractivity contribution in [3.8, 4) is 0 Å². The minimum atomic E-state index is -1.16. The number of aliphatic hydroxyl groups is 3. The van der Waals surface area contributed by atoms with Gasteiger partial charge in [0.2, 0.25) is 0 Å². The van der Waals surface area contributed by atoms with Gasteiger partial charge in [0.15, 0.2) is 12.4 Å². The molecule has 3 rings (SSSR count). The number of ether oxygens (including phenoxy) is 5. The van der Waals surface area contributed by atoms with Gasteiger partial charge in [0.25, 0.3) is 0 Å². The molecule has 3 N–H and O–H groups in total. The van der Waals surface area contributed by atoms with Gasteiger partial charge in [-0.2, -0.15) is 0 Å². The van der Waals surface area contributed by atoms with E-state index in [1.165, 1.54) is 0 Å². The van der Waals surface area contributed by atoms with Gasteiger partial charge in [-0.3, -0.25) is 9.69 Å². The number of aliphatic hydroxyl groups excluding tert-OH is 2. The van der Waals surface area contributed by atoms with Crippen LogP contribution in [0.25, 0.3) is 0 Å². The first-order chi connectivity index (χ1) is 24.5. The second kappa shape index (κ2) is 20.2. The molecule has 0 radical (unpaired) electrons. The fraction of sp³-hybridized carbons (Fsp3) is 0.750. The number of carbonyl (C=O) groups is 2. The number of carbonyl (C=O) groups excluding carboxylic acids is 2. The minimum Gasteiger partial charge on any atom is -0.457 e. The molecule has 3 heterocycles. The van der Waals surface area contributed by atoms with Gasteiger partial charge < -0.3 is 43.9 Å². The molecule has 0 spiro atoms. The Morgan fingerprint density at radius 1 is 1.21 bits per heavy atom. The standard InChI is InChI=1S/C40H66N2O10/c1-10-20-41-21-23-42(24-22-41)38(46)50-34-16-15-28(5)36(51-35(45)25-31(43)17-19-40(34,9)52-30(7)48-12-3)27(4)14-13-18-39(8,47)26-33-37(49-33)29(6)32(44)11-2/h10,13-16,18,28-34,36-37,43-44,47H,1,11-12,17,19-26H2,2-9H3. The molecule has 12 nitrogen and oxygen atoms in total. The highest BCUT2D eigenvalue weighted by Crippen LogP contribution is 2.38. The molecule has 0 bridgehead atoms.